The second-order valence-electron chi connectivity index (χ2n) is 4.84. The molecule has 0 aromatic rings. The second-order valence-corrected chi connectivity index (χ2v) is 4.84. The molecule has 0 spiro atoms. The fraction of sp³-hybridized carbons (Fsp3) is 1.00. The molecule has 0 saturated heterocycles. The van der Waals surface area contributed by atoms with E-state index in [1.807, 2.05) is 0 Å². The van der Waals surface area contributed by atoms with Crippen molar-refractivity contribution >= 4 is 0 Å². The molecule has 0 bridgehead atoms. The molecule has 72 valence electrons. The highest BCUT2D eigenvalue weighted by molar-refractivity contribution is 4.82. The van der Waals surface area contributed by atoms with Crippen LogP contribution in [0.4, 0.5) is 0 Å². The first kappa shape index (κ1) is 10.0. The minimum absolute atomic E-state index is 0.654. The smallest absolute Gasteiger partial charge is 0.00722 e. The van der Waals surface area contributed by atoms with Gasteiger partial charge in [0.15, 0.2) is 0 Å². The Morgan fingerprint density at radius 2 is 1.75 bits per heavy atom. The molecular weight excluding hydrogens is 146 g/mol. The average molecular weight is 169 g/mol. The maximum atomic E-state index is 3.63. The van der Waals surface area contributed by atoms with Gasteiger partial charge < -0.3 is 5.32 Å². The molecule has 2 unspecified atom stereocenters. The van der Waals surface area contributed by atoms with E-state index in [9.17, 15) is 0 Å². The highest BCUT2D eigenvalue weighted by Crippen LogP contribution is 2.31. The molecule has 0 heterocycles. The van der Waals surface area contributed by atoms with Crippen molar-refractivity contribution in [3.8, 4) is 0 Å². The molecule has 0 aromatic carbocycles. The van der Waals surface area contributed by atoms with Crippen LogP contribution in [0.3, 0.4) is 0 Å². The van der Waals surface area contributed by atoms with Crippen LogP contribution in [-0.4, -0.2) is 12.1 Å². The Bertz CT molecular complexity index is 129. The van der Waals surface area contributed by atoms with E-state index in [4.69, 9.17) is 0 Å². The van der Waals surface area contributed by atoms with Crippen LogP contribution in [-0.2, 0) is 0 Å². The van der Waals surface area contributed by atoms with Crippen molar-refractivity contribution in [2.75, 3.05) is 0 Å². The highest BCUT2D eigenvalue weighted by Gasteiger charge is 2.26. The maximum absolute atomic E-state index is 3.63. The highest BCUT2D eigenvalue weighted by atomic mass is 14.9. The molecule has 0 aliphatic heterocycles. The molecule has 1 heteroatoms. The van der Waals surface area contributed by atoms with Gasteiger partial charge in [-0.25, -0.2) is 0 Å². The van der Waals surface area contributed by atoms with E-state index in [0.717, 1.165) is 17.9 Å². The first-order valence-electron chi connectivity index (χ1n) is 5.35. The molecule has 1 rings (SSSR count). The van der Waals surface area contributed by atoms with E-state index in [2.05, 4.69) is 33.0 Å². The normalized spacial score (nSPS) is 30.5. The van der Waals surface area contributed by atoms with Gasteiger partial charge in [0, 0.05) is 12.1 Å². The van der Waals surface area contributed by atoms with Gasteiger partial charge in [0.25, 0.3) is 0 Å². The van der Waals surface area contributed by atoms with Gasteiger partial charge in [0.2, 0.25) is 0 Å². The monoisotopic (exact) mass is 169 g/mol. The lowest BCUT2D eigenvalue weighted by atomic mass is 9.94. The van der Waals surface area contributed by atoms with Gasteiger partial charge in [-0.15, -0.1) is 0 Å². The van der Waals surface area contributed by atoms with Gasteiger partial charge in [-0.1, -0.05) is 27.7 Å². The van der Waals surface area contributed by atoms with Crippen molar-refractivity contribution in [1.82, 2.24) is 5.32 Å². The molecule has 0 aromatic heterocycles. The molecule has 1 saturated carbocycles. The Morgan fingerprint density at radius 1 is 1.08 bits per heavy atom. The zero-order chi connectivity index (χ0) is 9.14. The molecule has 12 heavy (non-hydrogen) atoms. The van der Waals surface area contributed by atoms with Gasteiger partial charge in [-0.05, 0) is 31.1 Å². The van der Waals surface area contributed by atoms with Crippen molar-refractivity contribution in [1.29, 1.82) is 0 Å². The third-order valence-corrected chi connectivity index (χ3v) is 2.99. The van der Waals surface area contributed by atoms with Crippen LogP contribution in [0.2, 0.25) is 0 Å². The van der Waals surface area contributed by atoms with Crippen molar-refractivity contribution in [3.63, 3.8) is 0 Å². The molecule has 2 atom stereocenters. The van der Waals surface area contributed by atoms with Gasteiger partial charge >= 0.3 is 0 Å². The lowest BCUT2D eigenvalue weighted by Gasteiger charge is -2.17. The Morgan fingerprint density at radius 3 is 2.17 bits per heavy atom. The van der Waals surface area contributed by atoms with Crippen LogP contribution >= 0.6 is 0 Å². The molecule has 1 aliphatic carbocycles. The summed E-state index contributed by atoms with van der Waals surface area (Å²) in [5, 5.41) is 3.63. The molecule has 1 aliphatic rings. The summed E-state index contributed by atoms with van der Waals surface area (Å²) in [7, 11) is 0. The summed E-state index contributed by atoms with van der Waals surface area (Å²) in [6.45, 7) is 9.18. The summed E-state index contributed by atoms with van der Waals surface area (Å²) < 4.78 is 0. The molecule has 0 amide bonds. The van der Waals surface area contributed by atoms with Gasteiger partial charge in [-0.2, -0.15) is 0 Å². The summed E-state index contributed by atoms with van der Waals surface area (Å²) in [6.07, 6.45) is 4.22. The van der Waals surface area contributed by atoms with E-state index < -0.39 is 0 Å². The molecular formula is C11H23N. The SMILES string of the molecule is CC(C)NC1CCC(C(C)C)C1. The van der Waals surface area contributed by atoms with Crippen LogP contribution in [0.25, 0.3) is 0 Å². The minimum atomic E-state index is 0.654. The zero-order valence-electron chi connectivity index (χ0n) is 8.93. The largest absolute Gasteiger partial charge is 0.312 e. The predicted molar refractivity (Wildman–Crippen MR) is 54.2 cm³/mol. The van der Waals surface area contributed by atoms with Crippen molar-refractivity contribution < 1.29 is 0 Å². The first-order chi connectivity index (χ1) is 5.59. The third-order valence-electron chi connectivity index (χ3n) is 2.99. The summed E-state index contributed by atoms with van der Waals surface area (Å²) in [6, 6.07) is 1.46. The van der Waals surface area contributed by atoms with Crippen LogP contribution in [0.5, 0.6) is 0 Å². The average Bonchev–Trinajstić information content (AvgIpc) is 2.34. The zero-order valence-corrected chi connectivity index (χ0v) is 8.93. The van der Waals surface area contributed by atoms with E-state index in [-0.39, 0.29) is 0 Å². The predicted octanol–water partition coefficient (Wildman–Crippen LogP) is 2.81. The fourth-order valence-electron chi connectivity index (χ4n) is 2.24. The molecule has 0 radical (unpaired) electrons. The maximum Gasteiger partial charge on any atom is 0.00722 e. The summed E-state index contributed by atoms with van der Waals surface area (Å²) in [5.41, 5.74) is 0. The van der Waals surface area contributed by atoms with Crippen molar-refractivity contribution in [3.05, 3.63) is 0 Å². The summed E-state index contributed by atoms with van der Waals surface area (Å²) >= 11 is 0. The third kappa shape index (κ3) is 2.78. The molecule has 1 N–H and O–H groups in total. The van der Waals surface area contributed by atoms with Crippen molar-refractivity contribution in [2.24, 2.45) is 11.8 Å². The van der Waals surface area contributed by atoms with Crippen LogP contribution < -0.4 is 5.32 Å². The number of rotatable bonds is 3. The number of hydrogen-bond acceptors (Lipinski definition) is 1. The Hall–Kier alpha value is -0.0400. The lowest BCUT2D eigenvalue weighted by molar-refractivity contribution is 0.375. The summed E-state index contributed by atoms with van der Waals surface area (Å²) in [5.74, 6) is 1.85. The number of hydrogen-bond donors (Lipinski definition) is 1. The first-order valence-corrected chi connectivity index (χ1v) is 5.35. The van der Waals surface area contributed by atoms with Gasteiger partial charge in [0.05, 0.1) is 0 Å². The fourth-order valence-corrected chi connectivity index (χ4v) is 2.24. The van der Waals surface area contributed by atoms with Crippen molar-refractivity contribution in [2.45, 2.75) is 59.0 Å². The topological polar surface area (TPSA) is 12.0 Å². The van der Waals surface area contributed by atoms with Crippen LogP contribution in [0.1, 0.15) is 47.0 Å². The van der Waals surface area contributed by atoms with Crippen LogP contribution in [0.15, 0.2) is 0 Å². The van der Waals surface area contributed by atoms with E-state index in [1.165, 1.54) is 19.3 Å². The lowest BCUT2D eigenvalue weighted by Crippen LogP contribution is -2.32. The van der Waals surface area contributed by atoms with Gasteiger partial charge in [0.1, 0.15) is 0 Å². The number of nitrogens with one attached hydrogen (secondary N) is 1. The summed E-state index contributed by atoms with van der Waals surface area (Å²) in [4.78, 5) is 0. The van der Waals surface area contributed by atoms with E-state index in [1.54, 1.807) is 0 Å². The Kier molecular flexibility index (Phi) is 3.57. The quantitative estimate of drug-likeness (QED) is 0.685. The van der Waals surface area contributed by atoms with Crippen LogP contribution in [0, 0.1) is 11.8 Å². The Labute approximate surface area is 76.9 Å². The van der Waals surface area contributed by atoms with E-state index >= 15 is 0 Å². The molecule has 1 fully saturated rings. The Balaban J connectivity index is 2.26. The van der Waals surface area contributed by atoms with Gasteiger partial charge in [-0.3, -0.25) is 0 Å². The molecule has 1 nitrogen and oxygen atoms in total. The standard InChI is InChI=1S/C11H23N/c1-8(2)10-5-6-11(7-10)12-9(3)4/h8-12H,5-7H2,1-4H3. The minimum Gasteiger partial charge on any atom is -0.312 e. The van der Waals surface area contributed by atoms with E-state index in [0.29, 0.717) is 6.04 Å². The second kappa shape index (κ2) is 4.27.